The van der Waals surface area contributed by atoms with Crippen molar-refractivity contribution in [2.24, 2.45) is 0 Å². The molecule has 2 aromatic carbocycles. The first-order chi connectivity index (χ1) is 17.6. The van der Waals surface area contributed by atoms with Crippen LogP contribution >= 0.6 is 0 Å². The Bertz CT molecular complexity index is 1690. The van der Waals surface area contributed by atoms with Gasteiger partial charge in [-0.25, -0.2) is 4.39 Å². The number of halogens is 1. The molecule has 0 radical (unpaired) electrons. The quantitative estimate of drug-likeness (QED) is 0.260. The minimum absolute atomic E-state index is 0.236. The third kappa shape index (κ3) is 4.03. The first kappa shape index (κ1) is 22.1. The van der Waals surface area contributed by atoms with Crippen molar-refractivity contribution >= 4 is 21.8 Å². The van der Waals surface area contributed by atoms with Crippen LogP contribution in [0.5, 0.6) is 0 Å². The SMILES string of the molecule is CCNCc1cncc(-c2cc3c(-c4cc5c(-c6cc(C)cc(F)c6)cccc5[nH]4)n[nH]c3cn2)c1. The third-order valence-corrected chi connectivity index (χ3v) is 6.39. The smallest absolute Gasteiger partial charge is 0.124 e. The minimum atomic E-state index is -0.236. The zero-order valence-electron chi connectivity index (χ0n) is 20.1. The van der Waals surface area contributed by atoms with E-state index in [4.69, 9.17) is 0 Å². The summed E-state index contributed by atoms with van der Waals surface area (Å²) in [6.07, 6.45) is 5.51. The van der Waals surface area contributed by atoms with Gasteiger partial charge in [-0.2, -0.15) is 5.10 Å². The fraction of sp³-hybridized carbons (Fsp3) is 0.138. The monoisotopic (exact) mass is 476 g/mol. The van der Waals surface area contributed by atoms with Crippen LogP contribution in [0.4, 0.5) is 4.39 Å². The Labute approximate surface area is 207 Å². The molecule has 0 aliphatic rings. The van der Waals surface area contributed by atoms with E-state index in [-0.39, 0.29) is 5.82 Å². The van der Waals surface area contributed by atoms with Crippen LogP contribution in [-0.4, -0.2) is 31.7 Å². The summed E-state index contributed by atoms with van der Waals surface area (Å²) in [4.78, 5) is 12.6. The molecule has 0 saturated carbocycles. The Balaban J connectivity index is 1.44. The molecule has 3 N–H and O–H groups in total. The van der Waals surface area contributed by atoms with Crippen molar-refractivity contribution in [2.45, 2.75) is 20.4 Å². The van der Waals surface area contributed by atoms with Crippen molar-refractivity contribution in [3.63, 3.8) is 0 Å². The standard InChI is InChI=1S/C29H25FN6/c1-3-31-13-18-9-20(15-32-14-18)26-12-24-28(16-33-26)35-36-29(24)27-11-23-22(5-4-6-25(23)34-27)19-7-17(2)8-21(30)10-19/h4-12,14-16,31,34H,3,13H2,1-2H3,(H,35,36). The van der Waals surface area contributed by atoms with Crippen molar-refractivity contribution in [2.75, 3.05) is 6.54 Å². The van der Waals surface area contributed by atoms with Crippen LogP contribution in [0.25, 0.3) is 55.6 Å². The maximum Gasteiger partial charge on any atom is 0.124 e. The van der Waals surface area contributed by atoms with Gasteiger partial charge in [0.05, 0.1) is 23.1 Å². The number of rotatable bonds is 6. The van der Waals surface area contributed by atoms with E-state index in [1.165, 1.54) is 0 Å². The number of hydrogen-bond acceptors (Lipinski definition) is 4. The first-order valence-corrected chi connectivity index (χ1v) is 12.0. The average Bonchev–Trinajstić information content (AvgIpc) is 3.50. The lowest BCUT2D eigenvalue weighted by molar-refractivity contribution is 0.627. The van der Waals surface area contributed by atoms with Gasteiger partial charge in [0.15, 0.2) is 0 Å². The lowest BCUT2D eigenvalue weighted by atomic mass is 9.99. The highest BCUT2D eigenvalue weighted by Gasteiger charge is 2.15. The highest BCUT2D eigenvalue weighted by Crippen LogP contribution is 2.35. The Morgan fingerprint density at radius 1 is 0.917 bits per heavy atom. The summed E-state index contributed by atoms with van der Waals surface area (Å²) in [5.41, 5.74) is 9.13. The fourth-order valence-corrected chi connectivity index (χ4v) is 4.70. The molecule has 4 heterocycles. The molecule has 6 rings (SSSR count). The van der Waals surface area contributed by atoms with E-state index in [2.05, 4.69) is 49.5 Å². The zero-order chi connectivity index (χ0) is 24.6. The summed E-state index contributed by atoms with van der Waals surface area (Å²) in [7, 11) is 0. The van der Waals surface area contributed by atoms with Crippen LogP contribution in [0.3, 0.4) is 0 Å². The molecular formula is C29H25FN6. The zero-order valence-corrected chi connectivity index (χ0v) is 20.1. The Hall–Kier alpha value is -4.36. The van der Waals surface area contributed by atoms with E-state index in [1.807, 2.05) is 55.8 Å². The summed E-state index contributed by atoms with van der Waals surface area (Å²) in [6.45, 7) is 5.65. The van der Waals surface area contributed by atoms with E-state index in [9.17, 15) is 4.39 Å². The summed E-state index contributed by atoms with van der Waals surface area (Å²) in [5.74, 6) is -0.236. The van der Waals surface area contributed by atoms with Gasteiger partial charge in [0.2, 0.25) is 0 Å². The largest absolute Gasteiger partial charge is 0.353 e. The number of nitrogens with zero attached hydrogens (tertiary/aromatic N) is 3. The third-order valence-electron chi connectivity index (χ3n) is 6.39. The summed E-state index contributed by atoms with van der Waals surface area (Å²) in [6, 6.07) is 17.4. The van der Waals surface area contributed by atoms with Gasteiger partial charge in [0.25, 0.3) is 0 Å². The van der Waals surface area contributed by atoms with Crippen LogP contribution in [-0.2, 0) is 6.54 Å². The second-order valence-corrected chi connectivity index (χ2v) is 9.02. The molecule has 0 amide bonds. The number of fused-ring (bicyclic) bond motifs is 2. The highest BCUT2D eigenvalue weighted by molar-refractivity contribution is 6.01. The molecule has 0 saturated heterocycles. The van der Waals surface area contributed by atoms with Gasteiger partial charge in [0, 0.05) is 40.8 Å². The molecule has 178 valence electrons. The van der Waals surface area contributed by atoms with Crippen LogP contribution < -0.4 is 5.32 Å². The molecule has 0 aliphatic carbocycles. The van der Waals surface area contributed by atoms with Crippen molar-refractivity contribution in [3.05, 3.63) is 90.1 Å². The summed E-state index contributed by atoms with van der Waals surface area (Å²) in [5, 5.41) is 13.0. The predicted octanol–water partition coefficient (Wildman–Crippen LogP) is 6.39. The molecule has 6 nitrogen and oxygen atoms in total. The molecule has 0 atom stereocenters. The van der Waals surface area contributed by atoms with Gasteiger partial charge in [-0.05, 0) is 72.1 Å². The van der Waals surface area contributed by atoms with Gasteiger partial charge >= 0.3 is 0 Å². The predicted molar refractivity (Wildman–Crippen MR) is 142 cm³/mol. The Kier molecular flexibility index (Phi) is 5.54. The van der Waals surface area contributed by atoms with Gasteiger partial charge in [-0.15, -0.1) is 0 Å². The number of pyridine rings is 2. The van der Waals surface area contributed by atoms with Crippen molar-refractivity contribution in [1.29, 1.82) is 0 Å². The van der Waals surface area contributed by atoms with E-state index < -0.39 is 0 Å². The normalized spacial score (nSPS) is 11.5. The van der Waals surface area contributed by atoms with Gasteiger partial charge in [-0.3, -0.25) is 15.1 Å². The molecule has 6 aromatic rings. The highest BCUT2D eigenvalue weighted by atomic mass is 19.1. The Morgan fingerprint density at radius 2 is 1.83 bits per heavy atom. The molecule has 0 spiro atoms. The van der Waals surface area contributed by atoms with Crippen molar-refractivity contribution in [1.82, 2.24) is 30.5 Å². The van der Waals surface area contributed by atoms with Gasteiger partial charge in [-0.1, -0.05) is 25.1 Å². The van der Waals surface area contributed by atoms with Crippen LogP contribution in [0.1, 0.15) is 18.1 Å². The summed E-state index contributed by atoms with van der Waals surface area (Å²) < 4.78 is 14.1. The number of aromatic amines is 2. The fourth-order valence-electron chi connectivity index (χ4n) is 4.70. The van der Waals surface area contributed by atoms with Crippen LogP contribution in [0.15, 0.2) is 73.2 Å². The van der Waals surface area contributed by atoms with Crippen LogP contribution in [0.2, 0.25) is 0 Å². The average molecular weight is 477 g/mol. The number of benzene rings is 2. The topological polar surface area (TPSA) is 82.3 Å². The molecule has 0 bridgehead atoms. The number of aromatic nitrogens is 5. The number of hydrogen-bond donors (Lipinski definition) is 3. The molecule has 36 heavy (non-hydrogen) atoms. The van der Waals surface area contributed by atoms with E-state index in [0.717, 1.165) is 79.8 Å². The maximum absolute atomic E-state index is 14.1. The summed E-state index contributed by atoms with van der Waals surface area (Å²) >= 11 is 0. The lowest BCUT2D eigenvalue weighted by Gasteiger charge is -2.05. The molecule has 0 unspecified atom stereocenters. The van der Waals surface area contributed by atoms with E-state index >= 15 is 0 Å². The molecular weight excluding hydrogens is 451 g/mol. The van der Waals surface area contributed by atoms with E-state index in [0.29, 0.717) is 0 Å². The minimum Gasteiger partial charge on any atom is -0.353 e. The first-order valence-electron chi connectivity index (χ1n) is 12.0. The second kappa shape index (κ2) is 9.02. The second-order valence-electron chi connectivity index (χ2n) is 9.02. The Morgan fingerprint density at radius 3 is 2.69 bits per heavy atom. The van der Waals surface area contributed by atoms with Gasteiger partial charge < -0.3 is 10.3 Å². The molecule has 4 aromatic heterocycles. The van der Waals surface area contributed by atoms with Crippen molar-refractivity contribution in [3.8, 4) is 33.8 Å². The number of nitrogens with one attached hydrogen (secondary N) is 3. The van der Waals surface area contributed by atoms with Crippen LogP contribution in [0, 0.1) is 12.7 Å². The van der Waals surface area contributed by atoms with E-state index in [1.54, 1.807) is 12.1 Å². The molecule has 7 heteroatoms. The number of H-pyrrole nitrogens is 2. The van der Waals surface area contributed by atoms with Crippen molar-refractivity contribution < 1.29 is 4.39 Å². The maximum atomic E-state index is 14.1. The molecule has 0 aliphatic heterocycles. The lowest BCUT2D eigenvalue weighted by Crippen LogP contribution is -2.11. The number of aryl methyl sites for hydroxylation is 1. The molecule has 0 fully saturated rings. The van der Waals surface area contributed by atoms with Gasteiger partial charge in [0.1, 0.15) is 11.5 Å².